The molecule has 0 aliphatic heterocycles. The largest absolute Gasteiger partial charge is 0.367 e. The first-order valence-corrected chi connectivity index (χ1v) is 5.32. The average molecular weight is 220 g/mol. The second-order valence-corrected chi connectivity index (χ2v) is 5.03. The van der Waals surface area contributed by atoms with Crippen LogP contribution in [-0.2, 0) is 0 Å². The molecule has 1 aromatic heterocycles. The predicted molar refractivity (Wildman–Crippen MR) is 57.5 cm³/mol. The Bertz CT molecular complexity index is 267. The minimum Gasteiger partial charge on any atom is -0.367 e. The SMILES string of the molecule is CC(C)(C)CCNc1nsnc1Cl. The van der Waals surface area contributed by atoms with Crippen LogP contribution >= 0.6 is 23.3 Å². The van der Waals surface area contributed by atoms with E-state index in [1.165, 1.54) is 0 Å². The average Bonchev–Trinajstić information content (AvgIpc) is 2.34. The van der Waals surface area contributed by atoms with Crippen molar-refractivity contribution < 1.29 is 0 Å². The van der Waals surface area contributed by atoms with E-state index in [0.717, 1.165) is 24.7 Å². The van der Waals surface area contributed by atoms with E-state index in [1.807, 2.05) is 0 Å². The summed E-state index contributed by atoms with van der Waals surface area (Å²) in [5, 5.41) is 3.63. The molecule has 1 rings (SSSR count). The van der Waals surface area contributed by atoms with E-state index in [4.69, 9.17) is 11.6 Å². The molecule has 0 saturated heterocycles. The third-order valence-electron chi connectivity index (χ3n) is 1.62. The Hall–Kier alpha value is -0.350. The van der Waals surface area contributed by atoms with Gasteiger partial charge in [0.05, 0.1) is 11.7 Å². The van der Waals surface area contributed by atoms with Gasteiger partial charge in [-0.05, 0) is 11.8 Å². The Balaban J connectivity index is 2.32. The van der Waals surface area contributed by atoms with Gasteiger partial charge in [0.1, 0.15) is 0 Å². The Morgan fingerprint density at radius 1 is 1.38 bits per heavy atom. The zero-order valence-corrected chi connectivity index (χ0v) is 9.67. The maximum absolute atomic E-state index is 5.76. The Labute approximate surface area is 87.8 Å². The summed E-state index contributed by atoms with van der Waals surface area (Å²) in [7, 11) is 0. The third-order valence-corrected chi connectivity index (χ3v) is 2.51. The number of halogens is 1. The van der Waals surface area contributed by atoms with Gasteiger partial charge in [-0.2, -0.15) is 8.75 Å². The first-order chi connectivity index (χ1) is 5.99. The molecular weight excluding hydrogens is 206 g/mol. The van der Waals surface area contributed by atoms with Crippen molar-refractivity contribution in [2.45, 2.75) is 27.2 Å². The van der Waals surface area contributed by atoms with Gasteiger partial charge >= 0.3 is 0 Å². The van der Waals surface area contributed by atoms with Gasteiger partial charge in [0, 0.05) is 6.54 Å². The Morgan fingerprint density at radius 3 is 2.54 bits per heavy atom. The van der Waals surface area contributed by atoms with Crippen LogP contribution in [0.15, 0.2) is 0 Å². The van der Waals surface area contributed by atoms with Crippen LogP contribution in [-0.4, -0.2) is 15.3 Å². The zero-order chi connectivity index (χ0) is 9.90. The van der Waals surface area contributed by atoms with Gasteiger partial charge in [-0.3, -0.25) is 0 Å². The van der Waals surface area contributed by atoms with Crippen molar-refractivity contribution in [2.75, 3.05) is 11.9 Å². The van der Waals surface area contributed by atoms with Crippen molar-refractivity contribution in [3.63, 3.8) is 0 Å². The molecule has 0 radical (unpaired) electrons. The van der Waals surface area contributed by atoms with Crippen LogP contribution in [0.5, 0.6) is 0 Å². The van der Waals surface area contributed by atoms with E-state index in [9.17, 15) is 0 Å². The molecule has 0 spiro atoms. The lowest BCUT2D eigenvalue weighted by Gasteiger charge is -2.17. The van der Waals surface area contributed by atoms with Gasteiger partial charge in [0.2, 0.25) is 0 Å². The third kappa shape index (κ3) is 3.91. The van der Waals surface area contributed by atoms with Gasteiger partial charge in [0.15, 0.2) is 11.0 Å². The lowest BCUT2D eigenvalue weighted by Crippen LogP contribution is -2.13. The summed E-state index contributed by atoms with van der Waals surface area (Å²) in [4.78, 5) is 0. The molecular formula is C8H14ClN3S. The Kier molecular flexibility index (Phi) is 3.50. The number of hydrogen-bond donors (Lipinski definition) is 1. The maximum Gasteiger partial charge on any atom is 0.186 e. The van der Waals surface area contributed by atoms with Crippen molar-refractivity contribution >= 4 is 29.1 Å². The molecule has 1 heterocycles. The molecule has 0 fully saturated rings. The maximum atomic E-state index is 5.76. The standard InChI is InChI=1S/C8H14ClN3S/c1-8(2,3)4-5-10-7-6(9)11-13-12-7/h4-5H2,1-3H3,(H,10,12). The van der Waals surface area contributed by atoms with E-state index in [0.29, 0.717) is 16.4 Å². The molecule has 74 valence electrons. The number of rotatable bonds is 3. The molecule has 0 unspecified atom stereocenters. The van der Waals surface area contributed by atoms with Gasteiger partial charge in [-0.25, -0.2) is 0 Å². The lowest BCUT2D eigenvalue weighted by atomic mass is 9.92. The molecule has 0 amide bonds. The fourth-order valence-corrected chi connectivity index (χ4v) is 1.52. The van der Waals surface area contributed by atoms with Crippen LogP contribution in [0.2, 0.25) is 5.15 Å². The molecule has 3 nitrogen and oxygen atoms in total. The molecule has 0 aliphatic rings. The van der Waals surface area contributed by atoms with Gasteiger partial charge in [-0.15, -0.1) is 0 Å². The Morgan fingerprint density at radius 2 is 2.08 bits per heavy atom. The minimum atomic E-state index is 0.336. The highest BCUT2D eigenvalue weighted by Gasteiger charge is 2.10. The molecule has 1 N–H and O–H groups in total. The molecule has 0 bridgehead atoms. The smallest absolute Gasteiger partial charge is 0.186 e. The molecule has 0 aromatic carbocycles. The van der Waals surface area contributed by atoms with Crippen molar-refractivity contribution in [1.82, 2.24) is 8.75 Å². The van der Waals surface area contributed by atoms with Gasteiger partial charge in [0.25, 0.3) is 0 Å². The van der Waals surface area contributed by atoms with E-state index in [2.05, 4.69) is 34.8 Å². The van der Waals surface area contributed by atoms with Crippen LogP contribution < -0.4 is 5.32 Å². The van der Waals surface area contributed by atoms with Crippen molar-refractivity contribution in [3.05, 3.63) is 5.15 Å². The highest BCUT2D eigenvalue weighted by atomic mass is 35.5. The predicted octanol–water partition coefficient (Wildman–Crippen LogP) is 3.04. The first-order valence-electron chi connectivity index (χ1n) is 4.21. The minimum absolute atomic E-state index is 0.336. The fraction of sp³-hybridized carbons (Fsp3) is 0.750. The first kappa shape index (κ1) is 10.7. The molecule has 1 aromatic rings. The van der Waals surface area contributed by atoms with E-state index in [-0.39, 0.29) is 0 Å². The molecule has 0 atom stereocenters. The van der Waals surface area contributed by atoms with E-state index in [1.54, 1.807) is 0 Å². The topological polar surface area (TPSA) is 37.8 Å². The summed E-state index contributed by atoms with van der Waals surface area (Å²) in [6.45, 7) is 7.50. The summed E-state index contributed by atoms with van der Waals surface area (Å²) >= 11 is 6.89. The molecule has 13 heavy (non-hydrogen) atoms. The van der Waals surface area contributed by atoms with Crippen LogP contribution in [0.3, 0.4) is 0 Å². The normalized spacial score (nSPS) is 11.7. The summed E-state index contributed by atoms with van der Waals surface area (Å²) in [5.74, 6) is 0.705. The monoisotopic (exact) mass is 219 g/mol. The summed E-state index contributed by atoms with van der Waals surface area (Å²) in [6.07, 6.45) is 1.08. The van der Waals surface area contributed by atoms with Crippen molar-refractivity contribution in [3.8, 4) is 0 Å². The second-order valence-electron chi connectivity index (χ2n) is 4.14. The molecule has 5 heteroatoms. The lowest BCUT2D eigenvalue weighted by molar-refractivity contribution is 0.389. The van der Waals surface area contributed by atoms with Crippen LogP contribution in [0, 0.1) is 5.41 Å². The van der Waals surface area contributed by atoms with E-state index < -0.39 is 0 Å². The van der Waals surface area contributed by atoms with Gasteiger partial charge in [-0.1, -0.05) is 32.4 Å². The van der Waals surface area contributed by atoms with Crippen LogP contribution in [0.25, 0.3) is 0 Å². The number of anilines is 1. The highest BCUT2D eigenvalue weighted by molar-refractivity contribution is 6.99. The molecule has 0 saturated carbocycles. The van der Waals surface area contributed by atoms with Crippen LogP contribution in [0.4, 0.5) is 5.82 Å². The molecule has 0 aliphatic carbocycles. The summed E-state index contributed by atoms with van der Waals surface area (Å²) in [5.41, 5.74) is 0.336. The van der Waals surface area contributed by atoms with Crippen molar-refractivity contribution in [2.24, 2.45) is 5.41 Å². The second kappa shape index (κ2) is 4.24. The number of nitrogens with zero attached hydrogens (tertiary/aromatic N) is 2. The van der Waals surface area contributed by atoms with Crippen molar-refractivity contribution in [1.29, 1.82) is 0 Å². The number of hydrogen-bond acceptors (Lipinski definition) is 4. The zero-order valence-electron chi connectivity index (χ0n) is 8.09. The van der Waals surface area contributed by atoms with Gasteiger partial charge < -0.3 is 5.32 Å². The quantitative estimate of drug-likeness (QED) is 0.849. The highest BCUT2D eigenvalue weighted by Crippen LogP contribution is 2.21. The van der Waals surface area contributed by atoms with Crippen LogP contribution in [0.1, 0.15) is 27.2 Å². The summed E-state index contributed by atoms with van der Waals surface area (Å²) in [6, 6.07) is 0. The number of nitrogens with one attached hydrogen (secondary N) is 1. The summed E-state index contributed by atoms with van der Waals surface area (Å²) < 4.78 is 7.89. The van der Waals surface area contributed by atoms with E-state index >= 15 is 0 Å². The number of aromatic nitrogens is 2. The fourth-order valence-electron chi connectivity index (χ4n) is 0.839.